The Hall–Kier alpha value is -1.75. The lowest BCUT2D eigenvalue weighted by Gasteiger charge is -2.17. The number of ether oxygens (including phenoxy) is 2. The van der Waals surface area contributed by atoms with Gasteiger partial charge in [-0.1, -0.05) is 6.92 Å². The first kappa shape index (κ1) is 14.3. The molecule has 5 nitrogen and oxygen atoms in total. The molecule has 100 valence electrons. The van der Waals surface area contributed by atoms with Crippen molar-refractivity contribution < 1.29 is 19.4 Å². The van der Waals surface area contributed by atoms with Gasteiger partial charge in [-0.2, -0.15) is 0 Å². The van der Waals surface area contributed by atoms with Crippen LogP contribution in [0.5, 0.6) is 11.5 Å². The number of hydrogen-bond acceptors (Lipinski definition) is 4. The highest BCUT2D eigenvalue weighted by Gasteiger charge is 2.23. The van der Waals surface area contributed by atoms with Crippen LogP contribution in [0.25, 0.3) is 0 Å². The van der Waals surface area contributed by atoms with Crippen molar-refractivity contribution in [2.75, 3.05) is 20.8 Å². The summed E-state index contributed by atoms with van der Waals surface area (Å²) in [6.45, 7) is 2.01. The summed E-state index contributed by atoms with van der Waals surface area (Å²) in [5.41, 5.74) is 7.03. The molecule has 1 unspecified atom stereocenters. The van der Waals surface area contributed by atoms with Crippen molar-refractivity contribution in [3.05, 3.63) is 23.3 Å². The lowest BCUT2D eigenvalue weighted by atomic mass is 9.95. The van der Waals surface area contributed by atoms with E-state index in [-0.39, 0.29) is 6.54 Å². The number of methoxy groups -OCH3 is 2. The molecule has 0 spiro atoms. The molecule has 5 heteroatoms. The Morgan fingerprint density at radius 1 is 1.33 bits per heavy atom. The molecule has 0 aliphatic rings. The molecule has 3 N–H and O–H groups in total. The largest absolute Gasteiger partial charge is 0.496 e. The molecule has 18 heavy (non-hydrogen) atoms. The van der Waals surface area contributed by atoms with Crippen LogP contribution < -0.4 is 15.2 Å². The minimum atomic E-state index is -0.970. The van der Waals surface area contributed by atoms with Gasteiger partial charge in [0.15, 0.2) is 0 Å². The van der Waals surface area contributed by atoms with E-state index in [2.05, 4.69) is 0 Å². The predicted octanol–water partition coefficient (Wildman–Crippen LogP) is 1.39. The molecule has 0 radical (unpaired) electrons. The van der Waals surface area contributed by atoms with Gasteiger partial charge < -0.3 is 20.3 Å². The fourth-order valence-electron chi connectivity index (χ4n) is 1.89. The summed E-state index contributed by atoms with van der Waals surface area (Å²) in [6, 6.07) is 3.50. The quantitative estimate of drug-likeness (QED) is 0.800. The summed E-state index contributed by atoms with van der Waals surface area (Å²) < 4.78 is 10.5. The van der Waals surface area contributed by atoms with Gasteiger partial charge in [-0.15, -0.1) is 0 Å². The van der Waals surface area contributed by atoms with Crippen molar-refractivity contribution in [1.82, 2.24) is 0 Å². The first-order valence-electron chi connectivity index (χ1n) is 5.76. The molecule has 0 aliphatic heterocycles. The standard InChI is InChI=1S/C13H19NO4/c1-4-8-5-12(18-3)9(6-11(8)17-2)10(7-14)13(15)16/h5-6,10H,4,7,14H2,1-3H3,(H,15,16). The number of benzene rings is 1. The van der Waals surface area contributed by atoms with E-state index >= 15 is 0 Å². The summed E-state index contributed by atoms with van der Waals surface area (Å²) in [5.74, 6) is -0.569. The van der Waals surface area contributed by atoms with Crippen LogP contribution in [-0.2, 0) is 11.2 Å². The van der Waals surface area contributed by atoms with Crippen LogP contribution >= 0.6 is 0 Å². The topological polar surface area (TPSA) is 81.8 Å². The van der Waals surface area contributed by atoms with Crippen molar-refractivity contribution in [3.8, 4) is 11.5 Å². The third-order valence-corrected chi connectivity index (χ3v) is 2.92. The van der Waals surface area contributed by atoms with Crippen LogP contribution in [-0.4, -0.2) is 31.8 Å². The van der Waals surface area contributed by atoms with Crippen molar-refractivity contribution in [1.29, 1.82) is 0 Å². The van der Waals surface area contributed by atoms with E-state index in [0.29, 0.717) is 17.1 Å². The van der Waals surface area contributed by atoms with Crippen LogP contribution in [0.4, 0.5) is 0 Å². The van der Waals surface area contributed by atoms with E-state index in [1.54, 1.807) is 19.2 Å². The number of rotatable bonds is 6. The van der Waals surface area contributed by atoms with Gasteiger partial charge in [-0.3, -0.25) is 4.79 Å². The van der Waals surface area contributed by atoms with Gasteiger partial charge in [-0.25, -0.2) is 0 Å². The van der Waals surface area contributed by atoms with E-state index in [4.69, 9.17) is 20.3 Å². The number of nitrogens with two attached hydrogens (primary N) is 1. The van der Waals surface area contributed by atoms with Gasteiger partial charge in [0.25, 0.3) is 0 Å². The highest BCUT2D eigenvalue weighted by Crippen LogP contribution is 2.33. The fourth-order valence-corrected chi connectivity index (χ4v) is 1.89. The average Bonchev–Trinajstić information content (AvgIpc) is 2.38. The van der Waals surface area contributed by atoms with Crippen LogP contribution in [0.1, 0.15) is 24.0 Å². The van der Waals surface area contributed by atoms with E-state index in [1.807, 2.05) is 6.92 Å². The molecule has 1 aromatic carbocycles. The Morgan fingerprint density at radius 3 is 2.33 bits per heavy atom. The number of hydrogen-bond donors (Lipinski definition) is 2. The lowest BCUT2D eigenvalue weighted by Crippen LogP contribution is -2.22. The second kappa shape index (κ2) is 6.26. The Morgan fingerprint density at radius 2 is 1.94 bits per heavy atom. The zero-order chi connectivity index (χ0) is 13.7. The van der Waals surface area contributed by atoms with E-state index in [1.165, 1.54) is 7.11 Å². The van der Waals surface area contributed by atoms with E-state index in [9.17, 15) is 4.79 Å². The monoisotopic (exact) mass is 253 g/mol. The molecule has 0 aromatic heterocycles. The number of carboxylic acids is 1. The minimum absolute atomic E-state index is 0.0142. The molecular formula is C13H19NO4. The Labute approximate surface area is 107 Å². The van der Waals surface area contributed by atoms with Crippen LogP contribution in [0.3, 0.4) is 0 Å². The molecule has 0 amide bonds. The highest BCUT2D eigenvalue weighted by molar-refractivity contribution is 5.78. The summed E-state index contributed by atoms with van der Waals surface area (Å²) in [6.07, 6.45) is 0.778. The third kappa shape index (κ3) is 2.73. The van der Waals surface area contributed by atoms with Crippen molar-refractivity contribution in [3.63, 3.8) is 0 Å². The summed E-state index contributed by atoms with van der Waals surface area (Å²) in [4.78, 5) is 11.2. The smallest absolute Gasteiger partial charge is 0.312 e. The molecule has 0 fully saturated rings. The van der Waals surface area contributed by atoms with Crippen LogP contribution in [0, 0.1) is 0 Å². The van der Waals surface area contributed by atoms with Crippen molar-refractivity contribution in [2.45, 2.75) is 19.3 Å². The van der Waals surface area contributed by atoms with E-state index in [0.717, 1.165) is 12.0 Å². The predicted molar refractivity (Wildman–Crippen MR) is 68.4 cm³/mol. The molecule has 0 saturated carbocycles. The molecular weight excluding hydrogens is 234 g/mol. The summed E-state index contributed by atoms with van der Waals surface area (Å²) in [5, 5.41) is 9.16. The third-order valence-electron chi connectivity index (χ3n) is 2.92. The highest BCUT2D eigenvalue weighted by atomic mass is 16.5. The number of carboxylic acid groups (broad SMARTS) is 1. The minimum Gasteiger partial charge on any atom is -0.496 e. The van der Waals surface area contributed by atoms with Crippen LogP contribution in [0.2, 0.25) is 0 Å². The normalized spacial score (nSPS) is 12.0. The van der Waals surface area contributed by atoms with Gasteiger partial charge >= 0.3 is 5.97 Å². The maximum absolute atomic E-state index is 11.2. The Kier molecular flexibility index (Phi) is 4.97. The van der Waals surface area contributed by atoms with Crippen LogP contribution in [0.15, 0.2) is 12.1 Å². The first-order valence-corrected chi connectivity index (χ1v) is 5.76. The zero-order valence-corrected chi connectivity index (χ0v) is 10.9. The zero-order valence-electron chi connectivity index (χ0n) is 10.9. The summed E-state index contributed by atoms with van der Waals surface area (Å²) in [7, 11) is 3.07. The second-order valence-corrected chi connectivity index (χ2v) is 3.89. The maximum atomic E-state index is 11.2. The van der Waals surface area contributed by atoms with Gasteiger partial charge in [0.05, 0.1) is 20.1 Å². The van der Waals surface area contributed by atoms with Gasteiger partial charge in [0, 0.05) is 12.1 Å². The number of carbonyl (C=O) groups is 1. The second-order valence-electron chi connectivity index (χ2n) is 3.89. The first-order chi connectivity index (χ1) is 8.58. The average molecular weight is 253 g/mol. The molecule has 0 aliphatic carbocycles. The van der Waals surface area contributed by atoms with Crippen molar-refractivity contribution >= 4 is 5.97 Å². The molecule has 0 saturated heterocycles. The molecule has 0 heterocycles. The van der Waals surface area contributed by atoms with Gasteiger partial charge in [-0.05, 0) is 24.1 Å². The number of aliphatic carboxylic acids is 1. The Bertz CT molecular complexity index is 431. The molecule has 1 rings (SSSR count). The maximum Gasteiger partial charge on any atom is 0.312 e. The summed E-state index contributed by atoms with van der Waals surface area (Å²) >= 11 is 0. The Balaban J connectivity index is 3.36. The van der Waals surface area contributed by atoms with E-state index < -0.39 is 11.9 Å². The van der Waals surface area contributed by atoms with Gasteiger partial charge in [0.1, 0.15) is 11.5 Å². The SMILES string of the molecule is CCc1cc(OC)c(C(CN)C(=O)O)cc1OC. The number of aryl methyl sites for hydroxylation is 1. The molecule has 1 aromatic rings. The molecule has 0 bridgehead atoms. The lowest BCUT2D eigenvalue weighted by molar-refractivity contribution is -0.138. The molecule has 1 atom stereocenters. The van der Waals surface area contributed by atoms with Gasteiger partial charge in [0.2, 0.25) is 0 Å². The fraction of sp³-hybridized carbons (Fsp3) is 0.462. The van der Waals surface area contributed by atoms with Crippen molar-refractivity contribution in [2.24, 2.45) is 5.73 Å².